The highest BCUT2D eigenvalue weighted by Gasteiger charge is 2.60. The average Bonchev–Trinajstić information content (AvgIpc) is 3.02. The molecule has 1 aromatic rings. The van der Waals surface area contributed by atoms with Crippen LogP contribution in [-0.4, -0.2) is 102 Å². The van der Waals surface area contributed by atoms with E-state index in [0.29, 0.717) is 5.57 Å². The molecule has 1 saturated heterocycles. The van der Waals surface area contributed by atoms with Crippen LogP contribution in [0.5, 0.6) is 0 Å². The summed E-state index contributed by atoms with van der Waals surface area (Å²) < 4.78 is 16.5. The summed E-state index contributed by atoms with van der Waals surface area (Å²) in [4.78, 5) is 75.7. The predicted molar refractivity (Wildman–Crippen MR) is 151 cm³/mol. The van der Waals surface area contributed by atoms with Crippen LogP contribution in [0.25, 0.3) is 0 Å². The van der Waals surface area contributed by atoms with Gasteiger partial charge < -0.3 is 14.2 Å². The van der Waals surface area contributed by atoms with E-state index in [-0.39, 0.29) is 70.2 Å². The molecule has 5 atom stereocenters. The molecular formula is C32H30N4O8. The number of ketones is 4. The maximum atomic E-state index is 13.9. The lowest BCUT2D eigenvalue weighted by molar-refractivity contribution is -0.126. The number of Topliss-reactive ketones (excluding diaryl/α,β-unsaturated/α-hetero) is 4. The van der Waals surface area contributed by atoms with E-state index >= 15 is 0 Å². The molecule has 12 heteroatoms. The fourth-order valence-corrected chi connectivity index (χ4v) is 7.50. The van der Waals surface area contributed by atoms with Crippen molar-refractivity contribution in [1.82, 2.24) is 14.8 Å². The summed E-state index contributed by atoms with van der Waals surface area (Å²) in [6.45, 7) is 2.70. The highest BCUT2D eigenvalue weighted by molar-refractivity contribution is 6.26. The van der Waals surface area contributed by atoms with Gasteiger partial charge in [-0.1, -0.05) is 0 Å². The molecule has 0 amide bonds. The molecule has 5 aliphatic rings. The van der Waals surface area contributed by atoms with Crippen LogP contribution in [0.15, 0.2) is 69.5 Å². The standard InChI is InChI=1S/C32H30N4O8/c1-14-26(37)17-11-20-25-24-18(27(38)15(2)31(43-5)29(24)40)10-19(35(25)3)21(12-33)36(20)22(23(17)28(39)30(14)42-4)13-44-32(41)16-6-8-34-9-7-16/h6-9,19-22,25H,10-11,13H2,1-5H3/t19?,20-,21-,22-,25?/m0/s1. The largest absolute Gasteiger partial charge is 0.492 e. The summed E-state index contributed by atoms with van der Waals surface area (Å²) in [5.41, 5.74) is 1.51. The van der Waals surface area contributed by atoms with Crippen LogP contribution in [0, 0.1) is 11.3 Å². The number of ether oxygens (including phenoxy) is 3. The summed E-state index contributed by atoms with van der Waals surface area (Å²) in [7, 11) is 4.44. The SMILES string of the molecule is COC1=C(C)C(=O)C2=C(C1=O)C1[C@@H]3CC4=C(C(=O)C(OC)=C(C)C4=O)[C@H](COC(=O)c4ccncc4)N3[C@@H](C#N)C(C2)N1C. The third kappa shape index (κ3) is 4.03. The Kier molecular flexibility index (Phi) is 7.18. The maximum Gasteiger partial charge on any atom is 0.338 e. The van der Waals surface area contributed by atoms with Gasteiger partial charge >= 0.3 is 5.97 Å². The summed E-state index contributed by atoms with van der Waals surface area (Å²) in [6.07, 6.45) is 3.03. The van der Waals surface area contributed by atoms with Gasteiger partial charge in [0.2, 0.25) is 11.6 Å². The molecule has 2 aliphatic carbocycles. The minimum atomic E-state index is -1.01. The summed E-state index contributed by atoms with van der Waals surface area (Å²) in [6, 6.07) is 1.49. The minimum Gasteiger partial charge on any atom is -0.492 e. The first-order chi connectivity index (χ1) is 21.1. The molecule has 1 aromatic heterocycles. The molecule has 0 radical (unpaired) electrons. The molecule has 2 bridgehead atoms. The van der Waals surface area contributed by atoms with Crippen molar-refractivity contribution >= 4 is 29.1 Å². The minimum absolute atomic E-state index is 0.0201. The van der Waals surface area contributed by atoms with Crippen LogP contribution in [0.1, 0.15) is 37.0 Å². The van der Waals surface area contributed by atoms with E-state index in [1.807, 2.05) is 4.90 Å². The van der Waals surface area contributed by atoms with Gasteiger partial charge in [0.05, 0.1) is 37.9 Å². The second kappa shape index (κ2) is 10.8. The number of likely N-dealkylation sites (N-methyl/N-ethyl adjacent to an activating group) is 1. The van der Waals surface area contributed by atoms with E-state index in [4.69, 9.17) is 14.2 Å². The van der Waals surface area contributed by atoms with Gasteiger partial charge in [0.15, 0.2) is 23.1 Å². The maximum absolute atomic E-state index is 13.9. The van der Waals surface area contributed by atoms with Gasteiger partial charge in [0.1, 0.15) is 12.6 Å². The third-order valence-corrected chi connectivity index (χ3v) is 9.50. The number of hydrogen-bond acceptors (Lipinski definition) is 12. The Morgan fingerprint density at radius 2 is 1.45 bits per heavy atom. The number of nitriles is 1. The van der Waals surface area contributed by atoms with Crippen molar-refractivity contribution in [2.75, 3.05) is 27.9 Å². The Bertz CT molecular complexity index is 1710. The Morgan fingerprint density at radius 3 is 2.02 bits per heavy atom. The molecule has 3 aliphatic heterocycles. The van der Waals surface area contributed by atoms with Crippen LogP contribution < -0.4 is 0 Å². The number of fused-ring (bicyclic) bond motifs is 5. The zero-order chi connectivity index (χ0) is 31.6. The molecule has 12 nitrogen and oxygen atoms in total. The Balaban J connectivity index is 1.51. The lowest BCUT2D eigenvalue weighted by atomic mass is 9.67. The molecule has 4 heterocycles. The van der Waals surface area contributed by atoms with Gasteiger partial charge in [-0.25, -0.2) is 4.79 Å². The first kappa shape index (κ1) is 29.3. The van der Waals surface area contributed by atoms with Crippen molar-refractivity contribution in [3.63, 3.8) is 0 Å². The number of piperazine rings is 1. The molecule has 6 rings (SSSR count). The molecule has 0 N–H and O–H groups in total. The van der Waals surface area contributed by atoms with E-state index in [9.17, 15) is 29.2 Å². The van der Waals surface area contributed by atoms with Crippen LogP contribution in [-0.2, 0) is 33.4 Å². The number of rotatable bonds is 5. The summed E-state index contributed by atoms with van der Waals surface area (Å²) in [5.74, 6) is -2.47. The quantitative estimate of drug-likeness (QED) is 0.355. The number of hydrogen-bond donors (Lipinski definition) is 0. The molecule has 226 valence electrons. The molecule has 0 saturated carbocycles. The zero-order valence-electron chi connectivity index (χ0n) is 24.9. The first-order valence-electron chi connectivity index (χ1n) is 14.2. The van der Waals surface area contributed by atoms with Crippen LogP contribution in [0.2, 0.25) is 0 Å². The van der Waals surface area contributed by atoms with E-state index in [2.05, 4.69) is 11.1 Å². The lowest BCUT2D eigenvalue weighted by Gasteiger charge is -2.60. The second-order valence-electron chi connectivity index (χ2n) is 11.4. The Labute approximate surface area is 253 Å². The molecular weight excluding hydrogens is 568 g/mol. The fraction of sp³-hybridized carbons (Fsp3) is 0.406. The molecule has 2 unspecified atom stereocenters. The Hall–Kier alpha value is -4.73. The van der Waals surface area contributed by atoms with Gasteiger partial charge in [0, 0.05) is 57.9 Å². The second-order valence-corrected chi connectivity index (χ2v) is 11.4. The molecule has 1 fully saturated rings. The number of carbonyl (C=O) groups excluding carboxylic acids is 5. The normalized spacial score (nSPS) is 28.9. The van der Waals surface area contributed by atoms with Crippen LogP contribution in [0.4, 0.5) is 0 Å². The number of carbonyl (C=O) groups is 5. The van der Waals surface area contributed by atoms with Gasteiger partial charge in [0.25, 0.3) is 0 Å². The third-order valence-electron chi connectivity index (χ3n) is 9.50. The number of allylic oxidation sites excluding steroid dienone is 4. The average molecular weight is 599 g/mol. The first-order valence-corrected chi connectivity index (χ1v) is 14.2. The highest BCUT2D eigenvalue weighted by atomic mass is 16.5. The van der Waals surface area contributed by atoms with Crippen molar-refractivity contribution in [3.05, 3.63) is 75.0 Å². The highest BCUT2D eigenvalue weighted by Crippen LogP contribution is 2.49. The van der Waals surface area contributed by atoms with E-state index in [1.165, 1.54) is 45.7 Å². The monoisotopic (exact) mass is 598 g/mol. The lowest BCUT2D eigenvalue weighted by Crippen LogP contribution is -2.74. The van der Waals surface area contributed by atoms with Crippen molar-refractivity contribution < 1.29 is 38.2 Å². The van der Waals surface area contributed by atoms with E-state index in [1.54, 1.807) is 18.9 Å². The summed E-state index contributed by atoms with van der Waals surface area (Å²) >= 11 is 0. The van der Waals surface area contributed by atoms with Crippen LogP contribution in [0.3, 0.4) is 0 Å². The molecule has 0 spiro atoms. The molecule has 44 heavy (non-hydrogen) atoms. The number of nitrogens with zero attached hydrogens (tertiary/aromatic N) is 4. The summed E-state index contributed by atoms with van der Waals surface area (Å²) in [5, 5.41) is 10.6. The molecule has 0 aromatic carbocycles. The van der Waals surface area contributed by atoms with Gasteiger partial charge in [-0.05, 0) is 45.9 Å². The number of aromatic nitrogens is 1. The fourth-order valence-electron chi connectivity index (χ4n) is 7.50. The van der Waals surface area contributed by atoms with Crippen LogP contribution >= 0.6 is 0 Å². The van der Waals surface area contributed by atoms with Crippen molar-refractivity contribution in [1.29, 1.82) is 5.26 Å². The van der Waals surface area contributed by atoms with E-state index < -0.39 is 53.5 Å². The van der Waals surface area contributed by atoms with Gasteiger partial charge in [-0.3, -0.25) is 34.0 Å². The number of pyridine rings is 1. The predicted octanol–water partition coefficient (Wildman–Crippen LogP) is 1.40. The van der Waals surface area contributed by atoms with Gasteiger partial charge in [-0.2, -0.15) is 5.26 Å². The van der Waals surface area contributed by atoms with E-state index in [0.717, 1.165) is 0 Å². The number of esters is 1. The van der Waals surface area contributed by atoms with Gasteiger partial charge in [-0.15, -0.1) is 0 Å². The number of methoxy groups -OCH3 is 2. The van der Waals surface area contributed by atoms with Crippen molar-refractivity contribution in [3.8, 4) is 6.07 Å². The zero-order valence-corrected chi connectivity index (χ0v) is 24.9. The Morgan fingerprint density at radius 1 is 0.909 bits per heavy atom. The van der Waals surface area contributed by atoms with Crippen molar-refractivity contribution in [2.45, 2.75) is 56.9 Å². The topological polar surface area (TPSA) is 156 Å². The smallest absolute Gasteiger partial charge is 0.338 e. The van der Waals surface area contributed by atoms with Crippen molar-refractivity contribution in [2.24, 2.45) is 0 Å².